The number of nitriles is 1. The maximum absolute atomic E-state index is 14.3. The average molecular weight is 501 g/mol. The van der Waals surface area contributed by atoms with Crippen molar-refractivity contribution >= 4 is 28.4 Å². The molecular formula is C28H22ClFN4O2. The number of phenolic OH excluding ortho intramolecular Hbond substituents is 1. The zero-order valence-corrected chi connectivity index (χ0v) is 20.2. The number of amides is 1. The van der Waals surface area contributed by atoms with Crippen LogP contribution in [0.1, 0.15) is 22.3 Å². The van der Waals surface area contributed by atoms with Gasteiger partial charge in [0.05, 0.1) is 16.6 Å². The van der Waals surface area contributed by atoms with Gasteiger partial charge in [-0.25, -0.2) is 4.39 Å². The predicted octanol–water partition coefficient (Wildman–Crippen LogP) is 5.37. The van der Waals surface area contributed by atoms with Crippen LogP contribution in [0.5, 0.6) is 5.75 Å². The monoisotopic (exact) mass is 500 g/mol. The van der Waals surface area contributed by atoms with Crippen molar-refractivity contribution < 1.29 is 14.3 Å². The number of para-hydroxylation sites is 1. The van der Waals surface area contributed by atoms with E-state index in [4.69, 9.17) is 11.6 Å². The molecule has 180 valence electrons. The van der Waals surface area contributed by atoms with Crippen LogP contribution in [0.15, 0.2) is 60.8 Å². The number of likely N-dealkylation sites (N-methyl/N-ethyl adjacent to an activating group) is 1. The number of pyridine rings is 1. The summed E-state index contributed by atoms with van der Waals surface area (Å²) in [5, 5.41) is 24.0. The highest BCUT2D eigenvalue weighted by molar-refractivity contribution is 6.31. The van der Waals surface area contributed by atoms with Crippen molar-refractivity contribution in [2.45, 2.75) is 12.5 Å². The molecule has 4 aromatic rings. The van der Waals surface area contributed by atoms with Gasteiger partial charge in [-0.05, 0) is 60.5 Å². The summed E-state index contributed by atoms with van der Waals surface area (Å²) >= 11 is 6.14. The number of nitrogens with zero attached hydrogens (tertiary/aromatic N) is 3. The number of rotatable bonds is 5. The molecule has 0 bridgehead atoms. The summed E-state index contributed by atoms with van der Waals surface area (Å²) in [7, 11) is 1.74. The lowest BCUT2D eigenvalue weighted by Crippen LogP contribution is -2.50. The van der Waals surface area contributed by atoms with Crippen molar-refractivity contribution in [3.8, 4) is 34.1 Å². The summed E-state index contributed by atoms with van der Waals surface area (Å²) in [5.74, 6) is -0.893. The number of carbonyl (C=O) groups is 1. The highest BCUT2D eigenvalue weighted by Gasteiger charge is 2.26. The van der Waals surface area contributed by atoms with Crippen LogP contribution in [0, 0.1) is 17.1 Å². The Balaban J connectivity index is 1.73. The molecule has 2 heterocycles. The van der Waals surface area contributed by atoms with Crippen molar-refractivity contribution in [2.75, 3.05) is 20.1 Å². The van der Waals surface area contributed by atoms with Crippen molar-refractivity contribution in [1.29, 1.82) is 5.26 Å². The van der Waals surface area contributed by atoms with Crippen LogP contribution < -0.4 is 5.32 Å². The molecule has 5 rings (SSSR count). The first-order chi connectivity index (χ1) is 17.4. The largest absolute Gasteiger partial charge is 0.506 e. The number of phenols is 1. The third-order valence-corrected chi connectivity index (χ3v) is 6.71. The summed E-state index contributed by atoms with van der Waals surface area (Å²) in [5.41, 5.74) is 3.05. The highest BCUT2D eigenvalue weighted by atomic mass is 35.5. The van der Waals surface area contributed by atoms with Crippen molar-refractivity contribution in [1.82, 2.24) is 15.2 Å². The zero-order valence-electron chi connectivity index (χ0n) is 19.4. The smallest absolute Gasteiger partial charge is 0.255 e. The van der Waals surface area contributed by atoms with Gasteiger partial charge in [0.25, 0.3) is 5.91 Å². The number of hydrogen-bond donors (Lipinski definition) is 2. The molecule has 1 saturated heterocycles. The Morgan fingerprint density at radius 1 is 1.22 bits per heavy atom. The van der Waals surface area contributed by atoms with Crippen LogP contribution >= 0.6 is 11.6 Å². The number of halogens is 2. The molecule has 1 atom stereocenters. The lowest BCUT2D eigenvalue weighted by molar-refractivity contribution is 0.0769. The van der Waals surface area contributed by atoms with Gasteiger partial charge in [0.1, 0.15) is 17.6 Å². The molecule has 8 heteroatoms. The summed E-state index contributed by atoms with van der Waals surface area (Å²) in [6, 6.07) is 16.6. The minimum Gasteiger partial charge on any atom is -0.506 e. The highest BCUT2D eigenvalue weighted by Crippen LogP contribution is 2.37. The Labute approximate surface area is 212 Å². The third-order valence-electron chi connectivity index (χ3n) is 6.49. The van der Waals surface area contributed by atoms with Gasteiger partial charge in [-0.1, -0.05) is 29.8 Å². The fraction of sp³-hybridized carbons (Fsp3) is 0.179. The SMILES string of the molecule is CN(C[C@@H]1CCN1)C(=O)c1c(-c2cc(F)cc(Cl)c2)cnc2ccc(-c3cccc(C#N)c3O)cc12. The molecule has 1 amide bonds. The zero-order chi connectivity index (χ0) is 25.4. The van der Waals surface area contributed by atoms with Crippen LogP contribution in [-0.4, -0.2) is 47.1 Å². The molecule has 0 unspecified atom stereocenters. The summed E-state index contributed by atoms with van der Waals surface area (Å²) in [6.45, 7) is 1.45. The topological polar surface area (TPSA) is 89.3 Å². The summed E-state index contributed by atoms with van der Waals surface area (Å²) in [6.07, 6.45) is 2.54. The predicted molar refractivity (Wildman–Crippen MR) is 137 cm³/mol. The van der Waals surface area contributed by atoms with E-state index in [2.05, 4.69) is 10.3 Å². The van der Waals surface area contributed by atoms with Gasteiger partial charge in [-0.15, -0.1) is 0 Å². The molecule has 1 aliphatic heterocycles. The molecule has 0 aliphatic carbocycles. The second-order valence-electron chi connectivity index (χ2n) is 8.88. The van der Waals surface area contributed by atoms with E-state index >= 15 is 0 Å². The molecule has 36 heavy (non-hydrogen) atoms. The molecule has 1 fully saturated rings. The lowest BCUT2D eigenvalue weighted by Gasteiger charge is -2.32. The van der Waals surface area contributed by atoms with Gasteiger partial charge in [-0.3, -0.25) is 9.78 Å². The van der Waals surface area contributed by atoms with Crippen LogP contribution in [0.4, 0.5) is 4.39 Å². The van der Waals surface area contributed by atoms with E-state index in [0.717, 1.165) is 13.0 Å². The van der Waals surface area contributed by atoms with E-state index in [1.807, 2.05) is 6.07 Å². The fourth-order valence-electron chi connectivity index (χ4n) is 4.49. The van der Waals surface area contributed by atoms with Crippen LogP contribution in [0.3, 0.4) is 0 Å². The van der Waals surface area contributed by atoms with Gasteiger partial charge >= 0.3 is 0 Å². The maximum Gasteiger partial charge on any atom is 0.255 e. The van der Waals surface area contributed by atoms with E-state index in [0.29, 0.717) is 45.3 Å². The summed E-state index contributed by atoms with van der Waals surface area (Å²) in [4.78, 5) is 20.0. The Morgan fingerprint density at radius 3 is 2.72 bits per heavy atom. The number of nitrogens with one attached hydrogen (secondary N) is 1. The molecule has 6 nitrogen and oxygen atoms in total. The Kier molecular flexibility index (Phi) is 6.31. The molecule has 0 radical (unpaired) electrons. The molecule has 2 N–H and O–H groups in total. The van der Waals surface area contributed by atoms with Gasteiger partial charge in [0.2, 0.25) is 0 Å². The molecule has 3 aromatic carbocycles. The maximum atomic E-state index is 14.3. The molecular weight excluding hydrogens is 479 g/mol. The Hall–Kier alpha value is -3.99. The minimum absolute atomic E-state index is 0.138. The number of benzene rings is 3. The van der Waals surface area contributed by atoms with E-state index in [9.17, 15) is 19.6 Å². The van der Waals surface area contributed by atoms with E-state index < -0.39 is 5.82 Å². The number of fused-ring (bicyclic) bond motifs is 1. The molecule has 1 aliphatic rings. The number of aromatic hydroxyl groups is 1. The van der Waals surface area contributed by atoms with Crippen LogP contribution in [-0.2, 0) is 0 Å². The van der Waals surface area contributed by atoms with Crippen LogP contribution in [0.25, 0.3) is 33.2 Å². The van der Waals surface area contributed by atoms with Gasteiger partial charge in [0.15, 0.2) is 0 Å². The van der Waals surface area contributed by atoms with Gasteiger partial charge in [0, 0.05) is 47.4 Å². The third kappa shape index (κ3) is 4.37. The minimum atomic E-state index is -0.519. The van der Waals surface area contributed by atoms with Gasteiger partial charge in [-0.2, -0.15) is 5.26 Å². The first-order valence-corrected chi connectivity index (χ1v) is 11.8. The van der Waals surface area contributed by atoms with Gasteiger partial charge < -0.3 is 15.3 Å². The second kappa shape index (κ2) is 9.57. The number of hydrogen-bond acceptors (Lipinski definition) is 5. The Morgan fingerprint density at radius 2 is 2.03 bits per heavy atom. The fourth-order valence-corrected chi connectivity index (χ4v) is 4.72. The average Bonchev–Trinajstić information content (AvgIpc) is 2.84. The van der Waals surface area contributed by atoms with Crippen molar-refractivity contribution in [2.24, 2.45) is 0 Å². The first-order valence-electron chi connectivity index (χ1n) is 11.5. The van der Waals surface area contributed by atoms with Crippen molar-refractivity contribution in [3.63, 3.8) is 0 Å². The lowest BCUT2D eigenvalue weighted by atomic mass is 9.93. The van der Waals surface area contributed by atoms with E-state index in [1.165, 1.54) is 18.2 Å². The molecule has 1 aromatic heterocycles. The normalized spacial score (nSPS) is 14.8. The standard InChI is InChI=1S/C28H22ClFN4O2/c1-34(15-21-7-8-32-21)28(36)26-23-11-16(22-4-2-3-17(13-31)27(22)35)5-6-25(23)33-14-24(26)18-9-19(29)12-20(30)10-18/h2-6,9-12,14,21,32,35H,7-8,15H2,1H3/t21-/m0/s1. The quantitative estimate of drug-likeness (QED) is 0.384. The summed E-state index contributed by atoms with van der Waals surface area (Å²) < 4.78 is 14.3. The van der Waals surface area contributed by atoms with E-state index in [-0.39, 0.29) is 28.3 Å². The van der Waals surface area contributed by atoms with E-state index in [1.54, 1.807) is 54.5 Å². The molecule has 0 spiro atoms. The van der Waals surface area contributed by atoms with Crippen molar-refractivity contribution in [3.05, 3.63) is 82.8 Å². The number of aromatic nitrogens is 1. The first kappa shape index (κ1) is 23.7. The second-order valence-corrected chi connectivity index (χ2v) is 9.31. The molecule has 0 saturated carbocycles. The Bertz CT molecular complexity index is 1520. The van der Waals surface area contributed by atoms with Crippen LogP contribution in [0.2, 0.25) is 5.02 Å². The number of carbonyl (C=O) groups excluding carboxylic acids is 1.